The Kier molecular flexibility index (Phi) is 5.01. The van der Waals surface area contributed by atoms with Gasteiger partial charge in [0, 0.05) is 26.1 Å². The summed E-state index contributed by atoms with van der Waals surface area (Å²) >= 11 is 0. The van der Waals surface area contributed by atoms with Crippen molar-refractivity contribution >= 4 is 17.7 Å². The first-order chi connectivity index (χ1) is 12.3. The van der Waals surface area contributed by atoms with Gasteiger partial charge in [0.05, 0.1) is 18.1 Å². The molecule has 0 saturated carbocycles. The Bertz CT molecular complexity index is 789. The van der Waals surface area contributed by atoms with E-state index in [0.29, 0.717) is 24.8 Å². The highest BCUT2D eigenvalue weighted by atomic mass is 16.5. The zero-order valence-corrected chi connectivity index (χ0v) is 15.5. The fraction of sp³-hybridized carbons (Fsp3) is 0.500. The average molecular weight is 359 g/mol. The summed E-state index contributed by atoms with van der Waals surface area (Å²) in [6.45, 7) is 8.53. The lowest BCUT2D eigenvalue weighted by atomic mass is 10.0. The number of aromatic nitrogens is 2. The van der Waals surface area contributed by atoms with Gasteiger partial charge in [0.15, 0.2) is 0 Å². The molecule has 8 heteroatoms. The van der Waals surface area contributed by atoms with Crippen LogP contribution in [0.5, 0.6) is 5.88 Å². The first kappa shape index (κ1) is 18.0. The molecule has 3 rings (SSSR count). The number of nitrogens with one attached hydrogen (secondary N) is 1. The molecule has 3 heterocycles. The van der Waals surface area contributed by atoms with Crippen LogP contribution in [0.4, 0.5) is 11.8 Å². The number of ether oxygens (including phenoxy) is 1. The number of rotatable bonds is 5. The minimum Gasteiger partial charge on any atom is -0.475 e. The molecule has 1 aliphatic heterocycles. The molecular weight excluding hydrogens is 334 g/mol. The van der Waals surface area contributed by atoms with Crippen LogP contribution in [0, 0.1) is 6.92 Å². The maximum atomic E-state index is 11.6. The van der Waals surface area contributed by atoms with Gasteiger partial charge >= 0.3 is 0 Å². The SMILES string of the molecule is CC(=O)N[C@@H]1CN(c2cc(OC(C)C)nc(N)n2)C[C@H]1c1ccc(C)o1. The van der Waals surface area contributed by atoms with Crippen molar-refractivity contribution in [1.29, 1.82) is 0 Å². The number of nitrogens with two attached hydrogens (primary N) is 1. The molecule has 1 aliphatic rings. The molecule has 3 N–H and O–H groups in total. The summed E-state index contributed by atoms with van der Waals surface area (Å²) in [6.07, 6.45) is -0.0123. The van der Waals surface area contributed by atoms with Crippen LogP contribution in [0.25, 0.3) is 0 Å². The van der Waals surface area contributed by atoms with E-state index >= 15 is 0 Å². The normalized spacial score (nSPS) is 19.8. The van der Waals surface area contributed by atoms with Gasteiger partial charge in [-0.1, -0.05) is 0 Å². The molecule has 2 atom stereocenters. The molecule has 0 aliphatic carbocycles. The third-order valence-corrected chi connectivity index (χ3v) is 4.22. The second kappa shape index (κ2) is 7.23. The average Bonchev–Trinajstić information content (AvgIpc) is 3.11. The molecule has 2 aromatic rings. The summed E-state index contributed by atoms with van der Waals surface area (Å²) in [7, 11) is 0. The maximum absolute atomic E-state index is 11.6. The highest BCUT2D eigenvalue weighted by Gasteiger charge is 2.37. The number of aryl methyl sites for hydroxylation is 1. The van der Waals surface area contributed by atoms with Crippen molar-refractivity contribution < 1.29 is 13.9 Å². The molecule has 8 nitrogen and oxygen atoms in total. The van der Waals surface area contributed by atoms with Crippen molar-refractivity contribution in [3.8, 4) is 5.88 Å². The lowest BCUT2D eigenvalue weighted by molar-refractivity contribution is -0.119. The Morgan fingerprint density at radius 3 is 2.77 bits per heavy atom. The molecule has 0 unspecified atom stereocenters. The van der Waals surface area contributed by atoms with E-state index < -0.39 is 0 Å². The summed E-state index contributed by atoms with van der Waals surface area (Å²) < 4.78 is 11.5. The van der Waals surface area contributed by atoms with Crippen molar-refractivity contribution in [2.45, 2.75) is 45.8 Å². The van der Waals surface area contributed by atoms with Crippen LogP contribution >= 0.6 is 0 Å². The monoisotopic (exact) mass is 359 g/mol. The molecule has 0 spiro atoms. The molecule has 2 aromatic heterocycles. The number of nitrogens with zero attached hydrogens (tertiary/aromatic N) is 3. The van der Waals surface area contributed by atoms with Gasteiger partial charge in [0.1, 0.15) is 17.3 Å². The third kappa shape index (κ3) is 4.07. The first-order valence-electron chi connectivity index (χ1n) is 8.71. The molecule has 0 radical (unpaired) electrons. The lowest BCUT2D eigenvalue weighted by Gasteiger charge is -2.19. The Morgan fingerprint density at radius 1 is 1.38 bits per heavy atom. The highest BCUT2D eigenvalue weighted by Crippen LogP contribution is 2.32. The van der Waals surface area contributed by atoms with Crippen LogP contribution in [-0.4, -0.2) is 41.1 Å². The number of carbonyl (C=O) groups excluding carboxylic acids is 1. The predicted molar refractivity (Wildman–Crippen MR) is 98.2 cm³/mol. The number of hydrogen-bond donors (Lipinski definition) is 2. The van der Waals surface area contributed by atoms with Gasteiger partial charge in [-0.25, -0.2) is 0 Å². The van der Waals surface area contributed by atoms with Crippen LogP contribution in [0.15, 0.2) is 22.6 Å². The second-order valence-corrected chi connectivity index (χ2v) is 6.86. The van der Waals surface area contributed by atoms with Gasteiger partial charge in [0.2, 0.25) is 17.7 Å². The molecule has 1 saturated heterocycles. The molecule has 1 amide bonds. The van der Waals surface area contributed by atoms with Crippen LogP contribution in [0.2, 0.25) is 0 Å². The van der Waals surface area contributed by atoms with Crippen LogP contribution in [0.1, 0.15) is 38.2 Å². The predicted octanol–water partition coefficient (Wildman–Crippen LogP) is 1.86. The van der Waals surface area contributed by atoms with Gasteiger partial charge in [-0.2, -0.15) is 9.97 Å². The van der Waals surface area contributed by atoms with Crippen LogP contribution < -0.4 is 20.7 Å². The van der Waals surface area contributed by atoms with E-state index in [1.807, 2.05) is 32.9 Å². The second-order valence-electron chi connectivity index (χ2n) is 6.86. The van der Waals surface area contributed by atoms with Crippen LogP contribution in [0.3, 0.4) is 0 Å². The van der Waals surface area contributed by atoms with E-state index in [1.54, 1.807) is 6.07 Å². The van der Waals surface area contributed by atoms with Gasteiger partial charge in [0.25, 0.3) is 0 Å². The molecule has 0 bridgehead atoms. The van der Waals surface area contributed by atoms with Crippen molar-refractivity contribution in [2.75, 3.05) is 23.7 Å². The first-order valence-corrected chi connectivity index (χ1v) is 8.71. The van der Waals surface area contributed by atoms with Crippen molar-refractivity contribution in [1.82, 2.24) is 15.3 Å². The Morgan fingerprint density at radius 2 is 2.15 bits per heavy atom. The van der Waals surface area contributed by atoms with E-state index in [4.69, 9.17) is 14.9 Å². The van der Waals surface area contributed by atoms with E-state index in [2.05, 4.69) is 20.2 Å². The number of carbonyl (C=O) groups is 1. The van der Waals surface area contributed by atoms with Gasteiger partial charge in [-0.05, 0) is 32.9 Å². The molecule has 1 fully saturated rings. The van der Waals surface area contributed by atoms with Gasteiger partial charge in [-0.3, -0.25) is 4.79 Å². The number of hydrogen-bond acceptors (Lipinski definition) is 7. The molecule has 140 valence electrons. The summed E-state index contributed by atoms with van der Waals surface area (Å²) in [4.78, 5) is 22.2. The molecule has 26 heavy (non-hydrogen) atoms. The summed E-state index contributed by atoms with van der Waals surface area (Å²) in [5, 5.41) is 3.01. The van der Waals surface area contributed by atoms with Crippen LogP contribution in [-0.2, 0) is 4.79 Å². The van der Waals surface area contributed by atoms with E-state index in [9.17, 15) is 4.79 Å². The van der Waals surface area contributed by atoms with Crippen molar-refractivity contribution in [2.24, 2.45) is 0 Å². The molecular formula is C18H25N5O3. The standard InChI is InChI=1S/C18H25N5O3/c1-10(2)25-17-7-16(21-18(19)22-17)23-8-13(14(9-23)20-12(4)24)15-6-5-11(3)26-15/h5-7,10,13-14H,8-9H2,1-4H3,(H,20,24)(H2,19,21,22)/t13-,14-/m1/s1. The number of anilines is 2. The number of nitrogen functional groups attached to an aromatic ring is 1. The largest absolute Gasteiger partial charge is 0.475 e. The van der Waals surface area contributed by atoms with Gasteiger partial charge in [-0.15, -0.1) is 0 Å². The number of furan rings is 1. The zero-order chi connectivity index (χ0) is 18.8. The Balaban J connectivity index is 1.87. The van der Waals surface area contributed by atoms with E-state index in [-0.39, 0.29) is 29.9 Å². The summed E-state index contributed by atoms with van der Waals surface area (Å²) in [5.74, 6) is 2.93. The Hall–Kier alpha value is -2.77. The quantitative estimate of drug-likeness (QED) is 0.839. The zero-order valence-electron chi connectivity index (χ0n) is 15.5. The third-order valence-electron chi connectivity index (χ3n) is 4.22. The topological polar surface area (TPSA) is 107 Å². The smallest absolute Gasteiger partial charge is 0.225 e. The fourth-order valence-corrected chi connectivity index (χ4v) is 3.23. The fourth-order valence-electron chi connectivity index (χ4n) is 3.23. The summed E-state index contributed by atoms with van der Waals surface area (Å²) in [6, 6.07) is 5.58. The van der Waals surface area contributed by atoms with Crippen molar-refractivity contribution in [3.63, 3.8) is 0 Å². The highest BCUT2D eigenvalue weighted by molar-refractivity contribution is 5.73. The van der Waals surface area contributed by atoms with E-state index in [0.717, 1.165) is 11.5 Å². The Labute approximate surface area is 152 Å². The number of amides is 1. The van der Waals surface area contributed by atoms with E-state index in [1.165, 1.54) is 6.92 Å². The maximum Gasteiger partial charge on any atom is 0.225 e. The van der Waals surface area contributed by atoms with Crippen molar-refractivity contribution in [3.05, 3.63) is 29.7 Å². The van der Waals surface area contributed by atoms with Gasteiger partial charge < -0.3 is 25.1 Å². The minimum absolute atomic E-state index is 0.0123. The minimum atomic E-state index is -0.0799. The molecule has 0 aromatic carbocycles. The summed E-state index contributed by atoms with van der Waals surface area (Å²) in [5.41, 5.74) is 5.85. The lowest BCUT2D eigenvalue weighted by Crippen LogP contribution is -2.38.